The van der Waals surface area contributed by atoms with E-state index < -0.39 is 103 Å². The van der Waals surface area contributed by atoms with Gasteiger partial charge in [-0.1, -0.05) is 80.9 Å². The fraction of sp³-hybridized carbons (Fsp3) is 0.474. The number of amides is 6. The van der Waals surface area contributed by atoms with Gasteiger partial charge in [0, 0.05) is 18.8 Å². The molecule has 17 nitrogen and oxygen atoms in total. The fourth-order valence-electron chi connectivity index (χ4n) is 5.23. The fourth-order valence-corrected chi connectivity index (χ4v) is 5.23. The van der Waals surface area contributed by atoms with E-state index >= 15 is 0 Å². The van der Waals surface area contributed by atoms with E-state index in [-0.39, 0.29) is 18.8 Å². The van der Waals surface area contributed by atoms with Crippen molar-refractivity contribution in [2.45, 2.75) is 109 Å². The Hall–Kier alpha value is -5.84. The molecule has 0 saturated heterocycles. The minimum absolute atomic E-state index is 0.0823. The van der Waals surface area contributed by atoms with E-state index in [2.05, 4.69) is 37.6 Å². The molecule has 8 atom stereocenters. The minimum Gasteiger partial charge on any atom is -0.550 e. The lowest BCUT2D eigenvalue weighted by Crippen LogP contribution is -2.68. The summed E-state index contributed by atoms with van der Waals surface area (Å²) in [5.41, 5.74) is 4.88. The molecular formula is C38H52N7O10-. The zero-order valence-electron chi connectivity index (χ0n) is 31.7. The summed E-state index contributed by atoms with van der Waals surface area (Å²) < 4.78 is 0. The molecule has 300 valence electrons. The molecular weight excluding hydrogens is 714 g/mol. The molecule has 0 aliphatic heterocycles. The van der Waals surface area contributed by atoms with Gasteiger partial charge >= 0.3 is 0 Å². The molecule has 9 N–H and O–H groups in total. The Kier molecular flexibility index (Phi) is 18.5. The van der Waals surface area contributed by atoms with Crippen molar-refractivity contribution < 1.29 is 54.3 Å². The molecule has 6 amide bonds. The monoisotopic (exact) mass is 766 g/mol. The molecule has 0 spiro atoms. The highest BCUT2D eigenvalue weighted by atomic mass is 16.4. The first-order valence-electron chi connectivity index (χ1n) is 18.1. The van der Waals surface area contributed by atoms with Gasteiger partial charge in [-0.15, -0.1) is 0 Å². The topological polar surface area (TPSA) is 282 Å². The molecule has 0 bridgehead atoms. The van der Waals surface area contributed by atoms with Gasteiger partial charge in [0.05, 0.1) is 12.0 Å². The van der Waals surface area contributed by atoms with Gasteiger partial charge < -0.3 is 57.4 Å². The predicted molar refractivity (Wildman–Crippen MR) is 194 cm³/mol. The number of benzene rings is 2. The van der Waals surface area contributed by atoms with Crippen LogP contribution in [0.1, 0.15) is 65.0 Å². The molecule has 2 rings (SSSR count). The lowest BCUT2D eigenvalue weighted by molar-refractivity contribution is -0.398. The van der Waals surface area contributed by atoms with Gasteiger partial charge in [0.25, 0.3) is 5.91 Å². The van der Waals surface area contributed by atoms with Crippen molar-refractivity contribution in [3.8, 4) is 0 Å². The van der Waals surface area contributed by atoms with Crippen LogP contribution in [-0.2, 0) is 51.2 Å². The van der Waals surface area contributed by atoms with Gasteiger partial charge in [0.2, 0.25) is 29.5 Å². The Morgan fingerprint density at radius 1 is 0.564 bits per heavy atom. The van der Waals surface area contributed by atoms with Gasteiger partial charge in [-0.05, 0) is 50.7 Å². The highest BCUT2D eigenvalue weighted by molar-refractivity contribution is 5.97. The number of quaternary nitrogens is 1. The number of carboxylic acid groups (broad SMARTS) is 2. The van der Waals surface area contributed by atoms with E-state index in [0.29, 0.717) is 17.5 Å². The third kappa shape index (κ3) is 15.6. The van der Waals surface area contributed by atoms with E-state index in [1.165, 1.54) is 13.8 Å². The van der Waals surface area contributed by atoms with Crippen molar-refractivity contribution >= 4 is 47.4 Å². The lowest BCUT2D eigenvalue weighted by atomic mass is 9.97. The quantitative estimate of drug-likeness (QED) is 0.0618. The summed E-state index contributed by atoms with van der Waals surface area (Å²) in [6, 6.07) is 8.53. The number of hydrogen-bond donors (Lipinski definition) is 7. The molecule has 0 aliphatic carbocycles. The Labute approximate surface area is 319 Å². The van der Waals surface area contributed by atoms with Crippen LogP contribution in [0.25, 0.3) is 0 Å². The molecule has 2 aromatic rings. The summed E-state index contributed by atoms with van der Waals surface area (Å²) >= 11 is 0. The maximum Gasteiger partial charge on any atom is 0.278 e. The van der Waals surface area contributed by atoms with E-state index in [9.17, 15) is 48.6 Å². The van der Waals surface area contributed by atoms with Crippen molar-refractivity contribution in [2.24, 2.45) is 5.92 Å². The van der Waals surface area contributed by atoms with Gasteiger partial charge in [-0.2, -0.15) is 0 Å². The number of aliphatic carboxylic acids is 2. The summed E-state index contributed by atoms with van der Waals surface area (Å²) in [6.45, 7) is 7.74. The van der Waals surface area contributed by atoms with Crippen molar-refractivity contribution in [3.05, 3.63) is 71.8 Å². The number of hydrogen-bond acceptors (Lipinski definition) is 10. The van der Waals surface area contributed by atoms with Gasteiger partial charge in [0.15, 0.2) is 6.04 Å². The van der Waals surface area contributed by atoms with Crippen LogP contribution in [0.5, 0.6) is 0 Å². The number of nitrogens with one attached hydrogen (secondary N) is 6. The molecule has 0 heterocycles. The second-order valence-electron chi connectivity index (χ2n) is 13.5. The van der Waals surface area contributed by atoms with Gasteiger partial charge in [0.1, 0.15) is 30.2 Å². The Balaban J connectivity index is 2.35. The summed E-state index contributed by atoms with van der Waals surface area (Å²) in [5, 5.41) is 37.8. The molecule has 0 unspecified atom stereocenters. The zero-order chi connectivity index (χ0) is 41.2. The average Bonchev–Trinajstić information content (AvgIpc) is 3.14. The van der Waals surface area contributed by atoms with Crippen molar-refractivity contribution in [3.63, 3.8) is 0 Å². The van der Waals surface area contributed by atoms with Crippen LogP contribution in [0, 0.1) is 5.92 Å². The average molecular weight is 767 g/mol. The second kappa shape index (κ2) is 22.4. The summed E-state index contributed by atoms with van der Waals surface area (Å²) in [6.07, 6.45) is -0.781. The number of rotatable bonds is 22. The van der Waals surface area contributed by atoms with Crippen LogP contribution in [0.15, 0.2) is 60.7 Å². The Morgan fingerprint density at radius 2 is 1.00 bits per heavy atom. The van der Waals surface area contributed by atoms with Crippen LogP contribution >= 0.6 is 0 Å². The predicted octanol–water partition coefficient (Wildman–Crippen LogP) is -3.62. The van der Waals surface area contributed by atoms with Gasteiger partial charge in [-0.3, -0.25) is 28.8 Å². The lowest BCUT2D eigenvalue weighted by Gasteiger charge is -2.28. The standard InChI is InChI=1S/C38H53N7O10/c1-6-21(2)31(45-32(48)22(3)39)37(53)40-23(4)33(49)43-29(20-26-15-11-8-12-16-26)36(52)42-27(17-18-30(46)47)34(50)44-28(19-25-13-9-7-10-14-25)35(51)41-24(5)38(54)55/h7-16,21-24,27-29,31H,6,17-20,39H2,1-5H3,(H,40,53)(H,41,51)(H,42,52)(H,43,49)(H,44,50)(H,45,48)(H,46,47)(H,54,55)/p-1/t21-,22-,23-,24-,27-,28-,29-,31-/m0/s1. The Bertz CT molecular complexity index is 1640. The zero-order valence-corrected chi connectivity index (χ0v) is 31.7. The third-order valence-electron chi connectivity index (χ3n) is 8.81. The first-order valence-corrected chi connectivity index (χ1v) is 18.1. The van der Waals surface area contributed by atoms with Gasteiger partial charge in [-0.25, -0.2) is 0 Å². The SMILES string of the molecule is CC[C@H](C)[C@H](NC(=O)[C@H](C)[NH3+])C(=O)N[C@@H](C)C(=O)N[C@@H](Cc1ccccc1)C(=O)N[C@@H](CCC(=O)[O-])C(=O)N[C@@H](Cc1ccccc1)C(=O)N[C@@H](C)C(=O)[O-]. The largest absolute Gasteiger partial charge is 0.550 e. The summed E-state index contributed by atoms with van der Waals surface area (Å²) in [5.74, 6) is -7.97. The van der Waals surface area contributed by atoms with Crippen molar-refractivity contribution in [2.75, 3.05) is 0 Å². The molecule has 55 heavy (non-hydrogen) atoms. The number of carboxylic acids is 2. The molecule has 0 radical (unpaired) electrons. The third-order valence-corrected chi connectivity index (χ3v) is 8.81. The van der Waals surface area contributed by atoms with E-state index in [1.807, 2.05) is 6.92 Å². The molecule has 2 aromatic carbocycles. The number of carbonyl (C=O) groups is 8. The molecule has 0 aliphatic rings. The highest BCUT2D eigenvalue weighted by Gasteiger charge is 2.33. The summed E-state index contributed by atoms with van der Waals surface area (Å²) in [7, 11) is 0. The molecule has 0 saturated carbocycles. The van der Waals surface area contributed by atoms with Crippen LogP contribution in [0.4, 0.5) is 0 Å². The highest BCUT2D eigenvalue weighted by Crippen LogP contribution is 2.11. The second-order valence-corrected chi connectivity index (χ2v) is 13.5. The molecule has 0 aromatic heterocycles. The van der Waals surface area contributed by atoms with Crippen molar-refractivity contribution in [1.29, 1.82) is 0 Å². The number of carbonyl (C=O) groups excluding carboxylic acids is 8. The smallest absolute Gasteiger partial charge is 0.278 e. The first kappa shape index (κ1) is 45.3. The normalized spacial score (nSPS) is 15.2. The Morgan fingerprint density at radius 3 is 1.45 bits per heavy atom. The first-order chi connectivity index (χ1) is 25.9. The summed E-state index contributed by atoms with van der Waals surface area (Å²) in [4.78, 5) is 103. The minimum atomic E-state index is -1.57. The maximum atomic E-state index is 13.9. The maximum absolute atomic E-state index is 13.9. The van der Waals surface area contributed by atoms with E-state index in [1.54, 1.807) is 74.5 Å². The van der Waals surface area contributed by atoms with E-state index in [4.69, 9.17) is 0 Å². The molecule has 17 heteroatoms. The van der Waals surface area contributed by atoms with Crippen LogP contribution < -0.4 is 47.8 Å². The van der Waals surface area contributed by atoms with E-state index in [0.717, 1.165) is 0 Å². The molecule has 0 fully saturated rings. The van der Waals surface area contributed by atoms with Crippen LogP contribution in [0.2, 0.25) is 0 Å². The van der Waals surface area contributed by atoms with Crippen LogP contribution in [0.3, 0.4) is 0 Å². The van der Waals surface area contributed by atoms with Crippen molar-refractivity contribution in [1.82, 2.24) is 31.9 Å². The van der Waals surface area contributed by atoms with Crippen LogP contribution in [-0.4, -0.2) is 89.7 Å².